The molecule has 1 amide bonds. The van der Waals surface area contributed by atoms with Crippen LogP contribution in [0.3, 0.4) is 0 Å². The van der Waals surface area contributed by atoms with E-state index in [-0.39, 0.29) is 35.2 Å². The highest BCUT2D eigenvalue weighted by molar-refractivity contribution is 5.67. The summed E-state index contributed by atoms with van der Waals surface area (Å²) >= 11 is 0. The molecule has 2 bridgehead atoms. The van der Waals surface area contributed by atoms with E-state index in [9.17, 15) is 4.79 Å². The Balaban J connectivity index is 1.34. The van der Waals surface area contributed by atoms with Gasteiger partial charge in [0, 0.05) is 22.9 Å². The Hall–Kier alpha value is -1.75. The molecule has 4 aliphatic rings. The average Bonchev–Trinajstić information content (AvgIpc) is 2.73. The van der Waals surface area contributed by atoms with Gasteiger partial charge in [0.1, 0.15) is 18.0 Å². The molecule has 3 fully saturated rings. The molecule has 2 heterocycles. The summed E-state index contributed by atoms with van der Waals surface area (Å²) in [4.78, 5) is 12.5. The van der Waals surface area contributed by atoms with Crippen molar-refractivity contribution in [1.29, 1.82) is 0 Å². The molecular weight excluding hydrogens is 378 g/mol. The fourth-order valence-corrected chi connectivity index (χ4v) is 6.91. The number of fused-ring (bicyclic) bond motifs is 3. The fraction of sp³-hybridized carbons (Fsp3) is 0.720. The zero-order valence-electron chi connectivity index (χ0n) is 18.5. The fourth-order valence-electron chi connectivity index (χ4n) is 6.91. The van der Waals surface area contributed by atoms with Crippen LogP contribution >= 0.6 is 0 Å². The molecule has 1 saturated heterocycles. The molecule has 164 valence electrons. The summed E-state index contributed by atoms with van der Waals surface area (Å²) in [5.41, 5.74) is 0.734. The van der Waals surface area contributed by atoms with Gasteiger partial charge in [0.2, 0.25) is 0 Å². The number of carbonyl (C=O) groups is 1. The number of nitrogens with one attached hydrogen (secondary N) is 1. The molecule has 1 aromatic carbocycles. The van der Waals surface area contributed by atoms with Crippen LogP contribution in [-0.4, -0.2) is 30.9 Å². The van der Waals surface area contributed by atoms with Crippen LogP contribution in [0.5, 0.6) is 5.75 Å². The van der Waals surface area contributed by atoms with Crippen molar-refractivity contribution in [2.45, 2.75) is 77.0 Å². The number of hydrogen-bond acceptors (Lipinski definition) is 4. The molecular formula is C25H35NO4. The Morgan fingerprint density at radius 2 is 1.97 bits per heavy atom. The van der Waals surface area contributed by atoms with E-state index in [1.165, 1.54) is 19.3 Å². The Morgan fingerprint density at radius 3 is 2.77 bits per heavy atom. The Kier molecular flexibility index (Phi) is 5.00. The lowest BCUT2D eigenvalue weighted by Crippen LogP contribution is -2.66. The first-order chi connectivity index (χ1) is 14.4. The van der Waals surface area contributed by atoms with E-state index in [1.807, 2.05) is 6.07 Å². The second-order valence-electron chi connectivity index (χ2n) is 10.4. The van der Waals surface area contributed by atoms with Crippen LogP contribution in [0.15, 0.2) is 24.3 Å². The van der Waals surface area contributed by atoms with E-state index in [2.05, 4.69) is 44.3 Å². The minimum absolute atomic E-state index is 0.0478. The number of benzene rings is 1. The Morgan fingerprint density at radius 1 is 1.20 bits per heavy atom. The zero-order valence-corrected chi connectivity index (χ0v) is 18.5. The highest BCUT2D eigenvalue weighted by Gasteiger charge is 2.64. The van der Waals surface area contributed by atoms with Gasteiger partial charge in [0.25, 0.3) is 0 Å². The van der Waals surface area contributed by atoms with Crippen molar-refractivity contribution in [3.8, 4) is 5.75 Å². The van der Waals surface area contributed by atoms with Crippen LogP contribution < -0.4 is 10.1 Å². The van der Waals surface area contributed by atoms with Gasteiger partial charge in [-0.15, -0.1) is 0 Å². The third-order valence-electron chi connectivity index (χ3n) is 8.67. The molecule has 6 atom stereocenters. The van der Waals surface area contributed by atoms with Crippen LogP contribution in [0.2, 0.25) is 0 Å². The second kappa shape index (κ2) is 7.44. The van der Waals surface area contributed by atoms with E-state index < -0.39 is 0 Å². The quantitative estimate of drug-likeness (QED) is 0.736. The first-order valence-electron chi connectivity index (χ1n) is 11.8. The summed E-state index contributed by atoms with van der Waals surface area (Å²) in [5.74, 6) is 1.88. The Labute approximate surface area is 179 Å². The average molecular weight is 414 g/mol. The number of amides is 1. The third-order valence-corrected chi connectivity index (χ3v) is 8.67. The predicted molar refractivity (Wildman–Crippen MR) is 114 cm³/mol. The second-order valence-corrected chi connectivity index (χ2v) is 10.4. The van der Waals surface area contributed by atoms with Crippen molar-refractivity contribution in [3.63, 3.8) is 0 Å². The van der Waals surface area contributed by atoms with Gasteiger partial charge in [-0.05, 0) is 44.1 Å². The number of alkyl carbamates (subject to hydrolysis) is 1. The van der Waals surface area contributed by atoms with Gasteiger partial charge in [0.15, 0.2) is 0 Å². The van der Waals surface area contributed by atoms with Crippen molar-refractivity contribution in [1.82, 2.24) is 5.32 Å². The molecule has 5 nitrogen and oxygen atoms in total. The number of rotatable bonds is 3. The lowest BCUT2D eigenvalue weighted by Gasteiger charge is -2.63. The number of carbonyl (C=O) groups excluding carboxylic acids is 1. The van der Waals surface area contributed by atoms with E-state index in [4.69, 9.17) is 14.2 Å². The molecule has 5 heteroatoms. The number of hydrogen-bond donors (Lipinski definition) is 1. The van der Waals surface area contributed by atoms with Crippen LogP contribution in [0, 0.1) is 23.2 Å². The lowest BCUT2D eigenvalue weighted by atomic mass is 9.50. The molecule has 30 heavy (non-hydrogen) atoms. The van der Waals surface area contributed by atoms with Crippen molar-refractivity contribution in [2.75, 3.05) is 13.2 Å². The van der Waals surface area contributed by atoms with Gasteiger partial charge in [0.05, 0.1) is 12.7 Å². The standard InChI is InChI=1S/C25H35NO4/c1-16-13-24(3)21-17(2)25(16,15-29-23(27)26-18-9-5-4-6-10-18)14-28-22(21)19-11-7-8-12-20(19)30-24/h7-8,11-12,16-18,21-22H,4-6,9-10,13-15H2,1-3H3,(H,26,27)/t16-,17-,21+,22+,24+,25-/m0/s1. The normalized spacial score (nSPS) is 40.1. The van der Waals surface area contributed by atoms with E-state index in [0.29, 0.717) is 25.0 Å². The maximum atomic E-state index is 12.5. The van der Waals surface area contributed by atoms with Crippen molar-refractivity contribution >= 4 is 6.09 Å². The van der Waals surface area contributed by atoms with Crippen LogP contribution in [0.25, 0.3) is 0 Å². The minimum Gasteiger partial charge on any atom is -0.487 e. The van der Waals surface area contributed by atoms with Gasteiger partial charge >= 0.3 is 6.09 Å². The van der Waals surface area contributed by atoms with E-state index >= 15 is 0 Å². The first-order valence-corrected chi connectivity index (χ1v) is 11.8. The highest BCUT2D eigenvalue weighted by atomic mass is 16.6. The number of ether oxygens (including phenoxy) is 3. The molecule has 1 aromatic rings. The Bertz CT molecular complexity index is 806. The molecule has 5 rings (SSSR count). The topological polar surface area (TPSA) is 56.8 Å². The molecule has 2 saturated carbocycles. The van der Waals surface area contributed by atoms with Crippen LogP contribution in [0.1, 0.15) is 71.0 Å². The van der Waals surface area contributed by atoms with Gasteiger partial charge in [-0.3, -0.25) is 0 Å². The molecule has 0 unspecified atom stereocenters. The van der Waals surface area contributed by atoms with Crippen molar-refractivity contribution < 1.29 is 19.0 Å². The molecule has 0 aromatic heterocycles. The summed E-state index contributed by atoms with van der Waals surface area (Å²) in [7, 11) is 0. The summed E-state index contributed by atoms with van der Waals surface area (Å²) in [6.07, 6.45) is 6.52. The SMILES string of the molecule is C[C@H]1C[C@@]2(C)Oc3ccccc3[C@H]3OC[C@@]1(COC(=O)NC1CCCCC1)[C@@H](C)[C@H]32. The maximum Gasteiger partial charge on any atom is 0.407 e. The van der Waals surface area contributed by atoms with Gasteiger partial charge in [-0.2, -0.15) is 0 Å². The minimum atomic E-state index is -0.267. The molecule has 1 N–H and O–H groups in total. The summed E-state index contributed by atoms with van der Waals surface area (Å²) in [6, 6.07) is 8.55. The summed E-state index contributed by atoms with van der Waals surface area (Å²) in [6.45, 7) is 7.86. The van der Waals surface area contributed by atoms with Crippen molar-refractivity contribution in [2.24, 2.45) is 23.2 Å². The molecule has 2 aliphatic heterocycles. The van der Waals surface area contributed by atoms with E-state index in [0.717, 1.165) is 30.6 Å². The van der Waals surface area contributed by atoms with Crippen LogP contribution in [-0.2, 0) is 9.47 Å². The highest BCUT2D eigenvalue weighted by Crippen LogP contribution is 2.63. The smallest absolute Gasteiger partial charge is 0.407 e. The monoisotopic (exact) mass is 413 g/mol. The summed E-state index contributed by atoms with van der Waals surface area (Å²) in [5, 5.41) is 3.09. The van der Waals surface area contributed by atoms with Crippen LogP contribution in [0.4, 0.5) is 4.79 Å². The first kappa shape index (κ1) is 20.2. The van der Waals surface area contributed by atoms with E-state index in [1.54, 1.807) is 0 Å². The zero-order chi connectivity index (χ0) is 20.9. The molecule has 2 aliphatic carbocycles. The molecule has 0 radical (unpaired) electrons. The maximum absolute atomic E-state index is 12.5. The predicted octanol–water partition coefficient (Wildman–Crippen LogP) is 5.25. The van der Waals surface area contributed by atoms with Gasteiger partial charge in [-0.25, -0.2) is 4.79 Å². The molecule has 0 spiro atoms. The van der Waals surface area contributed by atoms with Gasteiger partial charge in [-0.1, -0.05) is 51.3 Å². The summed E-state index contributed by atoms with van der Waals surface area (Å²) < 4.78 is 19.0. The third kappa shape index (κ3) is 3.12. The lowest BCUT2D eigenvalue weighted by molar-refractivity contribution is -0.259. The number of para-hydroxylation sites is 1. The van der Waals surface area contributed by atoms with Gasteiger partial charge < -0.3 is 19.5 Å². The largest absolute Gasteiger partial charge is 0.487 e. The van der Waals surface area contributed by atoms with Crippen molar-refractivity contribution in [3.05, 3.63) is 29.8 Å².